The lowest BCUT2D eigenvalue weighted by Gasteiger charge is -2.08. The fraction of sp³-hybridized carbons (Fsp3) is 0.0588. The lowest BCUT2D eigenvalue weighted by Crippen LogP contribution is -2.01. The highest BCUT2D eigenvalue weighted by molar-refractivity contribution is 5.70. The minimum absolute atomic E-state index is 0.105. The van der Waals surface area contributed by atoms with Gasteiger partial charge in [0.2, 0.25) is 5.95 Å². The molecule has 3 rings (SSSR count). The van der Waals surface area contributed by atoms with Crippen molar-refractivity contribution in [2.75, 3.05) is 18.1 Å². The summed E-state index contributed by atoms with van der Waals surface area (Å²) in [6.07, 6.45) is 0. The molecule has 0 aliphatic heterocycles. The molecular weight excluding hydrogens is 279 g/mol. The lowest BCUT2D eigenvalue weighted by molar-refractivity contribution is 0.631. The first kappa shape index (κ1) is 14.0. The summed E-state index contributed by atoms with van der Waals surface area (Å²) in [5.41, 5.74) is 8.29. The summed E-state index contributed by atoms with van der Waals surface area (Å²) in [5, 5.41) is 2.88. The van der Waals surface area contributed by atoms with E-state index in [4.69, 9.17) is 5.73 Å². The summed E-state index contributed by atoms with van der Waals surface area (Å²) in [6, 6.07) is 16.4. The number of nitrogens with one attached hydrogen (secondary N) is 1. The highest BCUT2D eigenvalue weighted by Gasteiger charge is 2.10. The van der Waals surface area contributed by atoms with Crippen LogP contribution in [0.25, 0.3) is 22.4 Å². The summed E-state index contributed by atoms with van der Waals surface area (Å²) >= 11 is 0. The van der Waals surface area contributed by atoms with Crippen LogP contribution < -0.4 is 11.1 Å². The molecular formula is C17H15FN4. The van der Waals surface area contributed by atoms with E-state index >= 15 is 0 Å². The average molecular weight is 294 g/mol. The van der Waals surface area contributed by atoms with Crippen molar-refractivity contribution in [3.63, 3.8) is 0 Å². The molecule has 0 spiro atoms. The van der Waals surface area contributed by atoms with Gasteiger partial charge in [-0.05, 0) is 23.3 Å². The Balaban J connectivity index is 2.05. The monoisotopic (exact) mass is 294 g/mol. The van der Waals surface area contributed by atoms with Gasteiger partial charge in [-0.25, -0.2) is 9.37 Å². The van der Waals surface area contributed by atoms with E-state index in [1.165, 1.54) is 6.07 Å². The fourth-order valence-corrected chi connectivity index (χ4v) is 2.26. The molecule has 0 aliphatic rings. The fourth-order valence-electron chi connectivity index (χ4n) is 2.26. The molecule has 0 saturated heterocycles. The molecule has 0 radical (unpaired) electrons. The first-order valence-electron chi connectivity index (χ1n) is 6.85. The van der Waals surface area contributed by atoms with Crippen LogP contribution in [-0.2, 0) is 0 Å². The van der Waals surface area contributed by atoms with E-state index in [1.54, 1.807) is 19.2 Å². The molecule has 110 valence electrons. The molecule has 3 N–H and O–H groups in total. The predicted molar refractivity (Wildman–Crippen MR) is 86.8 cm³/mol. The highest BCUT2D eigenvalue weighted by Crippen LogP contribution is 2.28. The van der Waals surface area contributed by atoms with Crippen LogP contribution in [0.4, 0.5) is 16.2 Å². The van der Waals surface area contributed by atoms with Gasteiger partial charge in [0.1, 0.15) is 11.6 Å². The van der Waals surface area contributed by atoms with Gasteiger partial charge >= 0.3 is 0 Å². The van der Waals surface area contributed by atoms with Gasteiger partial charge in [0.05, 0.1) is 5.69 Å². The molecule has 1 aromatic heterocycles. The van der Waals surface area contributed by atoms with E-state index in [1.807, 2.05) is 36.4 Å². The van der Waals surface area contributed by atoms with Crippen molar-refractivity contribution in [3.05, 3.63) is 60.4 Å². The summed E-state index contributed by atoms with van der Waals surface area (Å²) in [5.74, 6) is 0.309. The lowest BCUT2D eigenvalue weighted by atomic mass is 10.0. The van der Waals surface area contributed by atoms with Crippen molar-refractivity contribution in [1.82, 2.24) is 9.97 Å². The molecule has 0 saturated carbocycles. The molecule has 0 fully saturated rings. The van der Waals surface area contributed by atoms with Gasteiger partial charge < -0.3 is 11.1 Å². The predicted octanol–water partition coefficient (Wildman–Crippen LogP) is 3.57. The third-order valence-corrected chi connectivity index (χ3v) is 3.35. The Morgan fingerprint density at radius 2 is 1.73 bits per heavy atom. The Kier molecular flexibility index (Phi) is 3.70. The van der Waals surface area contributed by atoms with Crippen molar-refractivity contribution < 1.29 is 4.39 Å². The van der Waals surface area contributed by atoms with Crippen LogP contribution in [0.5, 0.6) is 0 Å². The molecule has 5 heteroatoms. The van der Waals surface area contributed by atoms with Crippen LogP contribution >= 0.6 is 0 Å². The molecule has 0 bridgehead atoms. The number of benzene rings is 2. The van der Waals surface area contributed by atoms with Crippen molar-refractivity contribution >= 4 is 11.8 Å². The number of nitrogens with two attached hydrogens (primary N) is 1. The number of nitrogens with zero attached hydrogens (tertiary/aromatic N) is 2. The zero-order valence-corrected chi connectivity index (χ0v) is 12.0. The molecule has 0 unspecified atom stereocenters. The van der Waals surface area contributed by atoms with E-state index in [0.29, 0.717) is 17.1 Å². The van der Waals surface area contributed by atoms with Crippen LogP contribution in [0.1, 0.15) is 0 Å². The number of anilines is 2. The number of rotatable bonds is 3. The Labute approximate surface area is 127 Å². The summed E-state index contributed by atoms with van der Waals surface area (Å²) in [7, 11) is 1.72. The minimum atomic E-state index is -0.346. The number of nitrogen functional groups attached to an aromatic ring is 1. The van der Waals surface area contributed by atoms with Crippen LogP contribution in [0.3, 0.4) is 0 Å². The van der Waals surface area contributed by atoms with Crippen LogP contribution in [0, 0.1) is 5.82 Å². The quantitative estimate of drug-likeness (QED) is 0.775. The Morgan fingerprint density at radius 3 is 2.41 bits per heavy atom. The molecule has 22 heavy (non-hydrogen) atoms. The maximum Gasteiger partial charge on any atom is 0.222 e. The highest BCUT2D eigenvalue weighted by atomic mass is 19.1. The van der Waals surface area contributed by atoms with Crippen molar-refractivity contribution in [3.8, 4) is 22.4 Å². The van der Waals surface area contributed by atoms with Gasteiger partial charge in [0.15, 0.2) is 0 Å². The zero-order chi connectivity index (χ0) is 15.5. The SMILES string of the molecule is CNc1cc(-c2ccc(-c3ccccc3)cc2F)nc(N)n1. The first-order chi connectivity index (χ1) is 10.7. The molecule has 0 atom stereocenters. The standard InChI is InChI=1S/C17H15FN4/c1-20-16-10-15(21-17(19)22-16)13-8-7-12(9-14(13)18)11-5-3-2-4-6-11/h2-10H,1H3,(H3,19,20,21,22). The number of aromatic nitrogens is 2. The van der Waals surface area contributed by atoms with E-state index in [-0.39, 0.29) is 11.8 Å². The maximum atomic E-state index is 14.5. The maximum absolute atomic E-state index is 14.5. The second kappa shape index (κ2) is 5.81. The van der Waals surface area contributed by atoms with Gasteiger partial charge in [0, 0.05) is 18.7 Å². The smallest absolute Gasteiger partial charge is 0.222 e. The second-order valence-corrected chi connectivity index (χ2v) is 4.81. The first-order valence-corrected chi connectivity index (χ1v) is 6.85. The molecule has 2 aromatic carbocycles. The summed E-state index contributed by atoms with van der Waals surface area (Å²) in [4.78, 5) is 8.11. The van der Waals surface area contributed by atoms with E-state index in [2.05, 4.69) is 15.3 Å². The van der Waals surface area contributed by atoms with Gasteiger partial charge in [-0.15, -0.1) is 0 Å². The normalized spacial score (nSPS) is 10.5. The molecule has 0 aliphatic carbocycles. The summed E-state index contributed by atoms with van der Waals surface area (Å²) < 4.78 is 14.5. The second-order valence-electron chi connectivity index (χ2n) is 4.81. The van der Waals surface area contributed by atoms with Gasteiger partial charge in [-0.2, -0.15) is 4.98 Å². The largest absolute Gasteiger partial charge is 0.373 e. The van der Waals surface area contributed by atoms with Crippen molar-refractivity contribution in [2.45, 2.75) is 0 Å². The molecule has 1 heterocycles. The average Bonchev–Trinajstić information content (AvgIpc) is 2.55. The van der Waals surface area contributed by atoms with Crippen LogP contribution in [-0.4, -0.2) is 17.0 Å². The van der Waals surface area contributed by atoms with Crippen molar-refractivity contribution in [1.29, 1.82) is 0 Å². The number of hydrogen-bond donors (Lipinski definition) is 2. The minimum Gasteiger partial charge on any atom is -0.373 e. The third-order valence-electron chi connectivity index (χ3n) is 3.35. The number of halogens is 1. The summed E-state index contributed by atoms with van der Waals surface area (Å²) in [6.45, 7) is 0. The Morgan fingerprint density at radius 1 is 0.955 bits per heavy atom. The van der Waals surface area contributed by atoms with Crippen molar-refractivity contribution in [2.24, 2.45) is 0 Å². The van der Waals surface area contributed by atoms with E-state index in [0.717, 1.165) is 11.1 Å². The third kappa shape index (κ3) is 2.74. The zero-order valence-electron chi connectivity index (χ0n) is 12.0. The molecule has 0 amide bonds. The molecule has 3 aromatic rings. The van der Waals surface area contributed by atoms with Gasteiger partial charge in [-0.1, -0.05) is 36.4 Å². The Hall–Kier alpha value is -2.95. The topological polar surface area (TPSA) is 63.8 Å². The van der Waals surface area contributed by atoms with Gasteiger partial charge in [0.25, 0.3) is 0 Å². The van der Waals surface area contributed by atoms with E-state index in [9.17, 15) is 4.39 Å². The van der Waals surface area contributed by atoms with Gasteiger partial charge in [-0.3, -0.25) is 0 Å². The Bertz CT molecular complexity index is 803. The van der Waals surface area contributed by atoms with Crippen LogP contribution in [0.2, 0.25) is 0 Å². The number of hydrogen-bond acceptors (Lipinski definition) is 4. The van der Waals surface area contributed by atoms with E-state index < -0.39 is 0 Å². The molecule has 4 nitrogen and oxygen atoms in total. The van der Waals surface area contributed by atoms with Crippen LogP contribution in [0.15, 0.2) is 54.6 Å².